The number of halogens is 4. The van der Waals surface area contributed by atoms with Crippen LogP contribution in [0.2, 0.25) is 0 Å². The van der Waals surface area contributed by atoms with Crippen molar-refractivity contribution in [2.45, 2.75) is 6.36 Å². The van der Waals surface area contributed by atoms with E-state index in [0.29, 0.717) is 0 Å². The normalized spacial score (nSPS) is 11.4. The van der Waals surface area contributed by atoms with Gasteiger partial charge >= 0.3 is 13.5 Å². The molecule has 0 aliphatic heterocycles. The highest BCUT2D eigenvalue weighted by Gasteiger charge is 2.28. The summed E-state index contributed by atoms with van der Waals surface area (Å²) in [7, 11) is -1.82. The van der Waals surface area contributed by atoms with E-state index in [0.717, 1.165) is 18.2 Å². The SMILES string of the molecule is OB(O)c1ccc(F)c(OCCOC(F)(F)F)c1. The third-order valence-electron chi connectivity index (χ3n) is 1.86. The maximum atomic E-state index is 13.1. The minimum Gasteiger partial charge on any atom is -0.488 e. The van der Waals surface area contributed by atoms with Gasteiger partial charge in [0, 0.05) is 0 Å². The number of alkyl halides is 3. The predicted octanol–water partition coefficient (Wildman–Crippen LogP) is 0.421. The van der Waals surface area contributed by atoms with Gasteiger partial charge in [-0.05, 0) is 17.6 Å². The van der Waals surface area contributed by atoms with Crippen LogP contribution in [0.5, 0.6) is 5.75 Å². The average molecular weight is 268 g/mol. The summed E-state index contributed by atoms with van der Waals surface area (Å²) in [5.41, 5.74) is -0.0388. The van der Waals surface area contributed by atoms with Crippen LogP contribution >= 0.6 is 0 Å². The highest BCUT2D eigenvalue weighted by atomic mass is 19.4. The Morgan fingerprint density at radius 3 is 2.39 bits per heavy atom. The van der Waals surface area contributed by atoms with E-state index in [4.69, 9.17) is 14.8 Å². The minimum absolute atomic E-state index is 0.0388. The van der Waals surface area contributed by atoms with Crippen LogP contribution in [0.25, 0.3) is 0 Å². The van der Waals surface area contributed by atoms with Gasteiger partial charge in [-0.2, -0.15) is 0 Å². The minimum atomic E-state index is -4.77. The summed E-state index contributed by atoms with van der Waals surface area (Å²) in [5.74, 6) is -1.21. The van der Waals surface area contributed by atoms with Crippen molar-refractivity contribution in [3.63, 3.8) is 0 Å². The molecule has 0 heterocycles. The molecule has 0 unspecified atom stereocenters. The molecule has 9 heteroatoms. The van der Waals surface area contributed by atoms with E-state index in [-0.39, 0.29) is 11.2 Å². The highest BCUT2D eigenvalue weighted by Crippen LogP contribution is 2.17. The van der Waals surface area contributed by atoms with Gasteiger partial charge < -0.3 is 14.8 Å². The Bertz CT molecular complexity index is 397. The Balaban J connectivity index is 2.54. The van der Waals surface area contributed by atoms with Gasteiger partial charge in [-0.1, -0.05) is 6.07 Å². The summed E-state index contributed by atoms with van der Waals surface area (Å²) >= 11 is 0. The van der Waals surface area contributed by atoms with Crippen LogP contribution in [0.15, 0.2) is 18.2 Å². The third kappa shape index (κ3) is 4.90. The van der Waals surface area contributed by atoms with Gasteiger partial charge in [0.25, 0.3) is 0 Å². The van der Waals surface area contributed by atoms with E-state index in [2.05, 4.69) is 4.74 Å². The molecule has 0 bridgehead atoms. The van der Waals surface area contributed by atoms with Gasteiger partial charge in [-0.25, -0.2) is 4.39 Å². The van der Waals surface area contributed by atoms with E-state index in [1.165, 1.54) is 0 Å². The van der Waals surface area contributed by atoms with Crippen LogP contribution in [-0.2, 0) is 4.74 Å². The summed E-state index contributed by atoms with van der Waals surface area (Å²) in [5, 5.41) is 17.6. The summed E-state index contributed by atoms with van der Waals surface area (Å²) in [6.45, 7) is -1.32. The molecule has 2 N–H and O–H groups in total. The Kier molecular flexibility index (Phi) is 4.94. The first kappa shape index (κ1) is 14.7. The summed E-state index contributed by atoms with van der Waals surface area (Å²) in [6, 6.07) is 3.00. The van der Waals surface area contributed by atoms with Crippen molar-refractivity contribution < 1.29 is 37.1 Å². The van der Waals surface area contributed by atoms with Crippen molar-refractivity contribution in [2.24, 2.45) is 0 Å². The molecule has 1 aromatic rings. The fourth-order valence-corrected chi connectivity index (χ4v) is 1.10. The zero-order valence-corrected chi connectivity index (χ0v) is 8.95. The van der Waals surface area contributed by atoms with E-state index in [1.807, 2.05) is 0 Å². The van der Waals surface area contributed by atoms with Gasteiger partial charge in [0.05, 0.1) is 6.61 Å². The second-order valence-corrected chi connectivity index (χ2v) is 3.21. The summed E-state index contributed by atoms with van der Waals surface area (Å²) in [4.78, 5) is 0. The molecule has 0 radical (unpaired) electrons. The second kappa shape index (κ2) is 6.03. The van der Waals surface area contributed by atoms with Gasteiger partial charge in [0.2, 0.25) is 0 Å². The quantitative estimate of drug-likeness (QED) is 0.461. The van der Waals surface area contributed by atoms with Gasteiger partial charge in [0.1, 0.15) is 6.61 Å². The fraction of sp³-hybridized carbons (Fsp3) is 0.333. The van der Waals surface area contributed by atoms with Crippen LogP contribution in [-0.4, -0.2) is 36.7 Å². The van der Waals surface area contributed by atoms with Crippen LogP contribution in [0.4, 0.5) is 17.6 Å². The molecule has 0 saturated heterocycles. The average Bonchev–Trinajstić information content (AvgIpc) is 2.24. The van der Waals surface area contributed by atoms with Crippen LogP contribution in [0.1, 0.15) is 0 Å². The van der Waals surface area contributed by atoms with Crippen molar-refractivity contribution in [3.05, 3.63) is 24.0 Å². The lowest BCUT2D eigenvalue weighted by Gasteiger charge is -2.10. The van der Waals surface area contributed by atoms with E-state index >= 15 is 0 Å². The Morgan fingerprint density at radius 2 is 1.83 bits per heavy atom. The summed E-state index contributed by atoms with van der Waals surface area (Å²) in [6.07, 6.45) is -4.77. The van der Waals surface area contributed by atoms with Gasteiger partial charge in [-0.15, -0.1) is 13.2 Å². The zero-order valence-electron chi connectivity index (χ0n) is 8.95. The van der Waals surface area contributed by atoms with E-state index in [9.17, 15) is 17.6 Å². The number of ether oxygens (including phenoxy) is 2. The number of benzene rings is 1. The van der Waals surface area contributed by atoms with Crippen molar-refractivity contribution in [2.75, 3.05) is 13.2 Å². The van der Waals surface area contributed by atoms with Crippen LogP contribution in [0.3, 0.4) is 0 Å². The molecule has 0 atom stereocenters. The lowest BCUT2D eigenvalue weighted by Crippen LogP contribution is -2.30. The molecule has 4 nitrogen and oxygen atoms in total. The van der Waals surface area contributed by atoms with Crippen molar-refractivity contribution in [1.29, 1.82) is 0 Å². The molecule has 1 rings (SSSR count). The van der Waals surface area contributed by atoms with Gasteiger partial charge in [0.15, 0.2) is 11.6 Å². The van der Waals surface area contributed by atoms with E-state index in [1.54, 1.807) is 0 Å². The highest BCUT2D eigenvalue weighted by molar-refractivity contribution is 6.58. The number of hydrogen-bond donors (Lipinski definition) is 2. The van der Waals surface area contributed by atoms with E-state index < -0.39 is 32.5 Å². The molecule has 0 aromatic heterocycles. The van der Waals surface area contributed by atoms with Crippen molar-refractivity contribution in [1.82, 2.24) is 0 Å². The molecular weight excluding hydrogens is 259 g/mol. The van der Waals surface area contributed by atoms with Crippen LogP contribution in [0, 0.1) is 5.82 Å². The predicted molar refractivity (Wildman–Crippen MR) is 53.7 cm³/mol. The van der Waals surface area contributed by atoms with Crippen molar-refractivity contribution >= 4 is 12.6 Å². The standard InChI is InChI=1S/C9H9BF4O4/c11-7-2-1-6(10(15)16)5-8(7)17-3-4-18-9(12,13)14/h1-2,5,15-16H,3-4H2. The zero-order chi connectivity index (χ0) is 13.8. The van der Waals surface area contributed by atoms with Crippen molar-refractivity contribution in [3.8, 4) is 5.75 Å². The molecule has 1 aromatic carbocycles. The molecule has 0 aliphatic carbocycles. The Labute approximate surface area is 99.9 Å². The molecule has 0 spiro atoms. The first-order valence-corrected chi connectivity index (χ1v) is 4.78. The first-order valence-electron chi connectivity index (χ1n) is 4.78. The van der Waals surface area contributed by atoms with Gasteiger partial charge in [-0.3, -0.25) is 4.74 Å². The molecular formula is C9H9BF4O4. The Morgan fingerprint density at radius 1 is 1.17 bits per heavy atom. The number of hydrogen-bond acceptors (Lipinski definition) is 4. The molecule has 0 aliphatic rings. The molecule has 100 valence electrons. The molecule has 0 fully saturated rings. The first-order chi connectivity index (χ1) is 8.29. The molecule has 18 heavy (non-hydrogen) atoms. The Hall–Kier alpha value is -1.32. The maximum Gasteiger partial charge on any atom is 0.522 e. The lowest BCUT2D eigenvalue weighted by atomic mass is 9.80. The fourth-order valence-electron chi connectivity index (χ4n) is 1.10. The van der Waals surface area contributed by atoms with Crippen LogP contribution < -0.4 is 10.2 Å². The maximum absolute atomic E-state index is 13.1. The monoisotopic (exact) mass is 268 g/mol. The smallest absolute Gasteiger partial charge is 0.488 e. The molecule has 0 amide bonds. The largest absolute Gasteiger partial charge is 0.522 e. The molecule has 0 saturated carbocycles. The lowest BCUT2D eigenvalue weighted by molar-refractivity contribution is -0.325. The number of rotatable bonds is 5. The second-order valence-electron chi connectivity index (χ2n) is 3.21. The topological polar surface area (TPSA) is 58.9 Å². The third-order valence-corrected chi connectivity index (χ3v) is 1.86. The summed E-state index contributed by atoms with van der Waals surface area (Å²) < 4.78 is 56.1.